The number of allylic oxidation sites excluding steroid dienone is 6. The first kappa shape index (κ1) is 68.6. The number of hydrogen-bond acceptors (Lipinski definition) is 6. The molecule has 0 N–H and O–H groups in total. The summed E-state index contributed by atoms with van der Waals surface area (Å²) in [6.45, 7) is 6.61. The zero-order valence-corrected chi connectivity index (χ0v) is 47.8. The Morgan fingerprint density at radius 3 is 0.817 bits per heavy atom. The maximum Gasteiger partial charge on any atom is 0.306 e. The van der Waals surface area contributed by atoms with Crippen LogP contribution in [-0.2, 0) is 28.6 Å². The SMILES string of the molecule is CCCCC/C=C\C/C=C\C/C=C\CCCCCCCCC(=O)OC(COC(=O)CCCCCCCCC)COC(=O)CCCCCCCCCCCCCCCCCCCCCCCCCCCCC. The Kier molecular flexibility index (Phi) is 58.2. The lowest BCUT2D eigenvalue weighted by Crippen LogP contribution is -2.30. The van der Waals surface area contributed by atoms with Crippen LogP contribution < -0.4 is 0 Å². The summed E-state index contributed by atoms with van der Waals surface area (Å²) in [6, 6.07) is 0. The van der Waals surface area contributed by atoms with Crippen LogP contribution in [0.3, 0.4) is 0 Å². The van der Waals surface area contributed by atoms with Gasteiger partial charge in [-0.05, 0) is 57.8 Å². The summed E-state index contributed by atoms with van der Waals surface area (Å²) in [7, 11) is 0. The van der Waals surface area contributed by atoms with Crippen molar-refractivity contribution < 1.29 is 28.6 Å². The van der Waals surface area contributed by atoms with E-state index in [9.17, 15) is 14.4 Å². The molecule has 0 aromatic carbocycles. The highest BCUT2D eigenvalue weighted by Gasteiger charge is 2.19. The quantitative estimate of drug-likeness (QED) is 0.0261. The molecule has 0 aliphatic rings. The average molecular weight is 998 g/mol. The van der Waals surface area contributed by atoms with Crippen molar-refractivity contribution in [1.29, 1.82) is 0 Å². The molecule has 0 heterocycles. The van der Waals surface area contributed by atoms with E-state index in [0.717, 1.165) is 77.0 Å². The molecule has 0 bridgehead atoms. The predicted octanol–water partition coefficient (Wildman–Crippen LogP) is 21.2. The van der Waals surface area contributed by atoms with Crippen molar-refractivity contribution in [2.24, 2.45) is 0 Å². The fraction of sp³-hybridized carbons (Fsp3) is 0.862. The van der Waals surface area contributed by atoms with Gasteiger partial charge in [-0.25, -0.2) is 0 Å². The molecule has 0 aliphatic heterocycles. The number of unbranched alkanes of at least 4 members (excludes halogenated alkanes) is 41. The molecule has 0 saturated carbocycles. The molecular weight excluding hydrogens is 877 g/mol. The smallest absolute Gasteiger partial charge is 0.306 e. The Morgan fingerprint density at radius 2 is 0.507 bits per heavy atom. The molecule has 0 aromatic heterocycles. The van der Waals surface area contributed by atoms with E-state index < -0.39 is 6.10 Å². The molecule has 6 heteroatoms. The van der Waals surface area contributed by atoms with Gasteiger partial charge in [0, 0.05) is 19.3 Å². The van der Waals surface area contributed by atoms with Crippen molar-refractivity contribution in [1.82, 2.24) is 0 Å². The van der Waals surface area contributed by atoms with Crippen LogP contribution in [0, 0.1) is 0 Å². The molecular formula is C65H120O6. The van der Waals surface area contributed by atoms with Gasteiger partial charge in [-0.15, -0.1) is 0 Å². The number of rotatable bonds is 58. The van der Waals surface area contributed by atoms with Crippen molar-refractivity contribution in [3.8, 4) is 0 Å². The summed E-state index contributed by atoms with van der Waals surface area (Å²) in [5.74, 6) is -0.874. The summed E-state index contributed by atoms with van der Waals surface area (Å²) in [5, 5.41) is 0. The molecule has 0 aliphatic carbocycles. The van der Waals surface area contributed by atoms with Crippen molar-refractivity contribution >= 4 is 17.9 Å². The molecule has 0 aromatic rings. The maximum absolute atomic E-state index is 12.8. The predicted molar refractivity (Wildman–Crippen MR) is 307 cm³/mol. The van der Waals surface area contributed by atoms with Gasteiger partial charge in [0.2, 0.25) is 0 Å². The number of esters is 3. The minimum absolute atomic E-state index is 0.0734. The standard InChI is InChI=1S/C65H120O6/c1-4-7-10-13-16-18-20-22-24-26-28-29-30-31-32-33-34-35-37-38-40-42-44-46-49-52-55-58-64(67)70-61-62(60-69-63(66)57-54-51-48-15-12-9-6-3)71-65(68)59-56-53-50-47-45-43-41-39-36-27-25-23-21-19-17-14-11-8-5-2/h17,19,23,25,36,39,62H,4-16,18,20-22,24,26-35,37-38,40-61H2,1-3H3/b19-17-,25-23-,39-36-. The van der Waals surface area contributed by atoms with Crippen LogP contribution in [0.1, 0.15) is 342 Å². The molecule has 1 unspecified atom stereocenters. The first-order valence-electron chi connectivity index (χ1n) is 31.5. The molecule has 0 radical (unpaired) electrons. The third-order valence-corrected chi connectivity index (χ3v) is 14.1. The summed E-state index contributed by atoms with van der Waals surface area (Å²) >= 11 is 0. The van der Waals surface area contributed by atoms with E-state index >= 15 is 0 Å². The third-order valence-electron chi connectivity index (χ3n) is 14.1. The Morgan fingerprint density at radius 1 is 0.282 bits per heavy atom. The van der Waals surface area contributed by atoms with Crippen LogP contribution in [0.4, 0.5) is 0 Å². The van der Waals surface area contributed by atoms with Gasteiger partial charge in [0.1, 0.15) is 13.2 Å². The summed E-state index contributed by atoms with van der Waals surface area (Å²) < 4.78 is 16.8. The summed E-state index contributed by atoms with van der Waals surface area (Å²) in [4.78, 5) is 38.0. The lowest BCUT2D eigenvalue weighted by atomic mass is 10.0. The van der Waals surface area contributed by atoms with Crippen LogP contribution in [0.5, 0.6) is 0 Å². The zero-order chi connectivity index (χ0) is 51.4. The largest absolute Gasteiger partial charge is 0.462 e. The first-order chi connectivity index (χ1) is 35.0. The molecule has 0 amide bonds. The van der Waals surface area contributed by atoms with E-state index in [0.29, 0.717) is 19.3 Å². The molecule has 1 atom stereocenters. The van der Waals surface area contributed by atoms with Gasteiger partial charge in [0.15, 0.2) is 6.10 Å². The second-order valence-electron chi connectivity index (χ2n) is 21.3. The Bertz CT molecular complexity index is 1190. The number of carbonyl (C=O) groups is 3. The van der Waals surface area contributed by atoms with Gasteiger partial charge in [-0.1, -0.05) is 301 Å². The summed E-state index contributed by atoms with van der Waals surface area (Å²) in [6.07, 6.45) is 73.3. The first-order valence-corrected chi connectivity index (χ1v) is 31.5. The lowest BCUT2D eigenvalue weighted by molar-refractivity contribution is -0.167. The van der Waals surface area contributed by atoms with Crippen molar-refractivity contribution in [2.45, 2.75) is 348 Å². The van der Waals surface area contributed by atoms with E-state index in [1.807, 2.05) is 0 Å². The average Bonchev–Trinajstić information content (AvgIpc) is 3.37. The molecule has 0 spiro atoms. The highest BCUT2D eigenvalue weighted by molar-refractivity contribution is 5.71. The van der Waals surface area contributed by atoms with Gasteiger partial charge >= 0.3 is 17.9 Å². The van der Waals surface area contributed by atoms with Gasteiger partial charge in [0.25, 0.3) is 0 Å². The topological polar surface area (TPSA) is 78.9 Å². The maximum atomic E-state index is 12.8. The van der Waals surface area contributed by atoms with Crippen molar-refractivity contribution in [2.75, 3.05) is 13.2 Å². The second kappa shape index (κ2) is 60.2. The zero-order valence-electron chi connectivity index (χ0n) is 47.8. The minimum atomic E-state index is -0.774. The lowest BCUT2D eigenvalue weighted by Gasteiger charge is -2.18. The van der Waals surface area contributed by atoms with Gasteiger partial charge < -0.3 is 14.2 Å². The highest BCUT2D eigenvalue weighted by Crippen LogP contribution is 2.18. The van der Waals surface area contributed by atoms with Crippen molar-refractivity contribution in [3.05, 3.63) is 36.5 Å². The van der Waals surface area contributed by atoms with Crippen molar-refractivity contribution in [3.63, 3.8) is 0 Å². The van der Waals surface area contributed by atoms with Crippen LogP contribution in [-0.4, -0.2) is 37.2 Å². The molecule has 0 saturated heterocycles. The molecule has 0 rings (SSSR count). The van der Waals surface area contributed by atoms with Crippen LogP contribution in [0.2, 0.25) is 0 Å². The van der Waals surface area contributed by atoms with E-state index in [2.05, 4.69) is 57.2 Å². The number of carbonyl (C=O) groups excluding carboxylic acids is 3. The van der Waals surface area contributed by atoms with E-state index in [1.54, 1.807) is 0 Å². The third kappa shape index (κ3) is 58.4. The monoisotopic (exact) mass is 997 g/mol. The van der Waals surface area contributed by atoms with E-state index in [1.165, 1.54) is 225 Å². The van der Waals surface area contributed by atoms with Gasteiger partial charge in [-0.2, -0.15) is 0 Å². The Balaban J connectivity index is 4.08. The van der Waals surface area contributed by atoms with E-state index in [-0.39, 0.29) is 31.1 Å². The molecule has 6 nitrogen and oxygen atoms in total. The molecule has 0 fully saturated rings. The fourth-order valence-corrected chi connectivity index (χ4v) is 9.39. The highest BCUT2D eigenvalue weighted by atomic mass is 16.6. The van der Waals surface area contributed by atoms with Crippen LogP contribution in [0.15, 0.2) is 36.5 Å². The fourth-order valence-electron chi connectivity index (χ4n) is 9.39. The molecule has 416 valence electrons. The Hall–Kier alpha value is -2.37. The Labute approximate surface area is 442 Å². The minimum Gasteiger partial charge on any atom is -0.462 e. The van der Waals surface area contributed by atoms with Gasteiger partial charge in [0.05, 0.1) is 0 Å². The number of hydrogen-bond donors (Lipinski definition) is 0. The number of ether oxygens (including phenoxy) is 3. The van der Waals surface area contributed by atoms with Gasteiger partial charge in [-0.3, -0.25) is 14.4 Å². The normalized spacial score (nSPS) is 12.2. The second-order valence-corrected chi connectivity index (χ2v) is 21.3. The van der Waals surface area contributed by atoms with Crippen LogP contribution in [0.25, 0.3) is 0 Å². The van der Waals surface area contributed by atoms with E-state index in [4.69, 9.17) is 14.2 Å². The molecule has 71 heavy (non-hydrogen) atoms. The summed E-state index contributed by atoms with van der Waals surface area (Å²) in [5.41, 5.74) is 0. The van der Waals surface area contributed by atoms with Crippen LogP contribution >= 0.6 is 0 Å².